The molecule has 1 fully saturated rings. The molecule has 7 heteroatoms. The number of benzene rings is 1. The number of piperidine rings is 1. The summed E-state index contributed by atoms with van der Waals surface area (Å²) in [4.78, 5) is 6.87. The highest BCUT2D eigenvalue weighted by molar-refractivity contribution is 14.0. The lowest BCUT2D eigenvalue weighted by Crippen LogP contribution is -2.47. The number of hydrogen-bond donors (Lipinski definition) is 2. The largest absolute Gasteiger partial charge is 0.489 e. The van der Waals surface area contributed by atoms with E-state index in [9.17, 15) is 4.39 Å². The number of guanidine groups is 1. The standard InChI is InChI=1S/C21H35FN4O.HI/c1-5-19(27-20-10-6-9-18(22)12-20)14-25-21(23-4)24-13-17-8-7-11-26(15-17)16(2)3;/h6,9-10,12,16-17,19H,5,7-8,11,13-15H2,1-4H3,(H2,23,24,25);1H. The molecule has 0 saturated carbocycles. The fraction of sp³-hybridized carbons (Fsp3) is 0.667. The number of nitrogens with one attached hydrogen (secondary N) is 2. The van der Waals surface area contributed by atoms with Crippen LogP contribution in [-0.4, -0.2) is 56.2 Å². The lowest BCUT2D eigenvalue weighted by atomic mass is 9.97. The van der Waals surface area contributed by atoms with Gasteiger partial charge in [-0.15, -0.1) is 24.0 Å². The van der Waals surface area contributed by atoms with E-state index in [-0.39, 0.29) is 35.9 Å². The van der Waals surface area contributed by atoms with E-state index >= 15 is 0 Å². The van der Waals surface area contributed by atoms with Crippen molar-refractivity contribution >= 4 is 29.9 Å². The summed E-state index contributed by atoms with van der Waals surface area (Å²) in [6, 6.07) is 6.89. The molecule has 1 aromatic carbocycles. The second-order valence-electron chi connectivity index (χ2n) is 7.54. The van der Waals surface area contributed by atoms with Crippen molar-refractivity contribution in [3.05, 3.63) is 30.1 Å². The Balaban J connectivity index is 0.00000392. The molecule has 0 aliphatic carbocycles. The highest BCUT2D eigenvalue weighted by atomic mass is 127. The Morgan fingerprint density at radius 1 is 1.36 bits per heavy atom. The number of aliphatic imine (C=N–C) groups is 1. The molecule has 28 heavy (non-hydrogen) atoms. The van der Waals surface area contributed by atoms with Gasteiger partial charge in [0.05, 0.1) is 6.54 Å². The number of hydrogen-bond acceptors (Lipinski definition) is 3. The fourth-order valence-electron chi connectivity index (χ4n) is 3.41. The molecule has 1 aromatic rings. The summed E-state index contributed by atoms with van der Waals surface area (Å²) < 4.78 is 19.2. The van der Waals surface area contributed by atoms with Gasteiger partial charge in [0.15, 0.2) is 5.96 Å². The Bertz CT molecular complexity index is 600. The number of ether oxygens (including phenoxy) is 1. The predicted molar refractivity (Wildman–Crippen MR) is 125 cm³/mol. The van der Waals surface area contributed by atoms with Crippen molar-refractivity contribution in [1.29, 1.82) is 0 Å². The van der Waals surface area contributed by atoms with Gasteiger partial charge < -0.3 is 20.3 Å². The van der Waals surface area contributed by atoms with Crippen LogP contribution in [0.5, 0.6) is 5.75 Å². The average molecular weight is 506 g/mol. The average Bonchev–Trinajstić information content (AvgIpc) is 2.67. The number of nitrogens with zero attached hydrogens (tertiary/aromatic N) is 2. The highest BCUT2D eigenvalue weighted by Gasteiger charge is 2.21. The molecular weight excluding hydrogens is 470 g/mol. The monoisotopic (exact) mass is 506 g/mol. The second kappa shape index (κ2) is 13.2. The molecule has 0 radical (unpaired) electrons. The fourth-order valence-corrected chi connectivity index (χ4v) is 3.41. The molecule has 2 rings (SSSR count). The molecule has 2 N–H and O–H groups in total. The molecule has 0 amide bonds. The molecular formula is C21H36FIN4O. The van der Waals surface area contributed by atoms with Crippen molar-refractivity contribution in [2.75, 3.05) is 33.2 Å². The SMILES string of the molecule is CCC(CNC(=NC)NCC1CCCN(C(C)C)C1)Oc1cccc(F)c1.I. The van der Waals surface area contributed by atoms with Crippen LogP contribution in [0.1, 0.15) is 40.0 Å². The Morgan fingerprint density at radius 3 is 2.79 bits per heavy atom. The minimum absolute atomic E-state index is 0. The Hall–Kier alpha value is -1.09. The van der Waals surface area contributed by atoms with Crippen LogP contribution in [0.25, 0.3) is 0 Å². The zero-order valence-corrected chi connectivity index (χ0v) is 19.9. The van der Waals surface area contributed by atoms with Crippen molar-refractivity contribution in [2.45, 2.75) is 52.2 Å². The normalized spacial score (nSPS) is 19.1. The Morgan fingerprint density at radius 2 is 2.14 bits per heavy atom. The predicted octanol–water partition coefficient (Wildman–Crippen LogP) is 3.89. The van der Waals surface area contributed by atoms with E-state index in [2.05, 4.69) is 41.3 Å². The first kappa shape index (κ1) is 24.9. The van der Waals surface area contributed by atoms with Gasteiger partial charge in [-0.3, -0.25) is 4.99 Å². The Kier molecular flexibility index (Phi) is 11.8. The maximum Gasteiger partial charge on any atom is 0.191 e. The van der Waals surface area contributed by atoms with Crippen molar-refractivity contribution in [2.24, 2.45) is 10.9 Å². The van der Waals surface area contributed by atoms with Gasteiger partial charge in [-0.2, -0.15) is 0 Å². The van der Waals surface area contributed by atoms with E-state index in [4.69, 9.17) is 4.74 Å². The first-order valence-corrected chi connectivity index (χ1v) is 10.1. The van der Waals surface area contributed by atoms with Gasteiger partial charge in [-0.05, 0) is 57.7 Å². The summed E-state index contributed by atoms with van der Waals surface area (Å²) in [6.45, 7) is 10.5. The van der Waals surface area contributed by atoms with Gasteiger partial charge in [0.2, 0.25) is 0 Å². The molecule has 0 aromatic heterocycles. The van der Waals surface area contributed by atoms with Crippen LogP contribution >= 0.6 is 24.0 Å². The first-order chi connectivity index (χ1) is 13.0. The van der Waals surface area contributed by atoms with Crippen molar-refractivity contribution < 1.29 is 9.13 Å². The summed E-state index contributed by atoms with van der Waals surface area (Å²) in [5.41, 5.74) is 0. The summed E-state index contributed by atoms with van der Waals surface area (Å²) >= 11 is 0. The van der Waals surface area contributed by atoms with Gasteiger partial charge in [0.25, 0.3) is 0 Å². The van der Waals surface area contributed by atoms with Gasteiger partial charge in [0, 0.05) is 32.2 Å². The molecule has 1 aliphatic heterocycles. The molecule has 5 nitrogen and oxygen atoms in total. The topological polar surface area (TPSA) is 48.9 Å². The van der Waals surface area contributed by atoms with Gasteiger partial charge in [0.1, 0.15) is 17.7 Å². The quantitative estimate of drug-likeness (QED) is 0.319. The van der Waals surface area contributed by atoms with Crippen LogP contribution in [0.3, 0.4) is 0 Å². The van der Waals surface area contributed by atoms with Crippen molar-refractivity contribution in [1.82, 2.24) is 15.5 Å². The molecule has 2 unspecified atom stereocenters. The second-order valence-corrected chi connectivity index (χ2v) is 7.54. The van der Waals surface area contributed by atoms with E-state index in [0.29, 0.717) is 24.3 Å². The highest BCUT2D eigenvalue weighted by Crippen LogP contribution is 2.18. The summed E-state index contributed by atoms with van der Waals surface area (Å²) in [7, 11) is 1.78. The van der Waals surface area contributed by atoms with E-state index in [1.807, 2.05) is 0 Å². The van der Waals surface area contributed by atoms with E-state index < -0.39 is 0 Å². The molecule has 1 heterocycles. The summed E-state index contributed by atoms with van der Waals surface area (Å²) in [5.74, 6) is 1.71. The zero-order valence-electron chi connectivity index (χ0n) is 17.6. The zero-order chi connectivity index (χ0) is 19.6. The molecule has 160 valence electrons. The maximum absolute atomic E-state index is 13.3. The Labute approximate surface area is 186 Å². The third kappa shape index (κ3) is 8.51. The third-order valence-corrected chi connectivity index (χ3v) is 5.11. The minimum atomic E-state index is -0.282. The van der Waals surface area contributed by atoms with Crippen molar-refractivity contribution in [3.63, 3.8) is 0 Å². The number of likely N-dealkylation sites (tertiary alicyclic amines) is 1. The number of rotatable bonds is 8. The smallest absolute Gasteiger partial charge is 0.191 e. The van der Waals surface area contributed by atoms with Gasteiger partial charge in [-0.25, -0.2) is 4.39 Å². The summed E-state index contributed by atoms with van der Waals surface area (Å²) in [5, 5.41) is 6.78. The summed E-state index contributed by atoms with van der Waals surface area (Å²) in [6.07, 6.45) is 3.30. The van der Waals surface area contributed by atoms with Crippen LogP contribution in [0.4, 0.5) is 4.39 Å². The van der Waals surface area contributed by atoms with E-state index in [0.717, 1.165) is 25.5 Å². The van der Waals surface area contributed by atoms with E-state index in [1.165, 1.54) is 31.5 Å². The van der Waals surface area contributed by atoms with Crippen LogP contribution in [0, 0.1) is 11.7 Å². The van der Waals surface area contributed by atoms with Gasteiger partial charge >= 0.3 is 0 Å². The first-order valence-electron chi connectivity index (χ1n) is 10.1. The molecule has 1 saturated heterocycles. The van der Waals surface area contributed by atoms with Crippen LogP contribution < -0.4 is 15.4 Å². The molecule has 1 aliphatic rings. The minimum Gasteiger partial charge on any atom is -0.489 e. The molecule has 0 bridgehead atoms. The lowest BCUT2D eigenvalue weighted by molar-refractivity contribution is 0.141. The lowest BCUT2D eigenvalue weighted by Gasteiger charge is -2.35. The number of halogens is 2. The van der Waals surface area contributed by atoms with Gasteiger partial charge in [-0.1, -0.05) is 13.0 Å². The third-order valence-electron chi connectivity index (χ3n) is 5.11. The molecule has 0 spiro atoms. The maximum atomic E-state index is 13.3. The van der Waals surface area contributed by atoms with Crippen LogP contribution in [-0.2, 0) is 0 Å². The van der Waals surface area contributed by atoms with Crippen LogP contribution in [0.15, 0.2) is 29.3 Å². The molecule has 2 atom stereocenters. The van der Waals surface area contributed by atoms with E-state index in [1.54, 1.807) is 19.2 Å². The van der Waals surface area contributed by atoms with Crippen molar-refractivity contribution in [3.8, 4) is 5.75 Å². The van der Waals surface area contributed by atoms with Crippen LogP contribution in [0.2, 0.25) is 0 Å².